The zero-order valence-electron chi connectivity index (χ0n) is 13.5. The number of carbonyl (C=O) groups is 1. The third-order valence-corrected chi connectivity index (χ3v) is 4.36. The van der Waals surface area contributed by atoms with Gasteiger partial charge in [0, 0.05) is 18.4 Å². The summed E-state index contributed by atoms with van der Waals surface area (Å²) >= 11 is 0. The fraction of sp³-hybridized carbons (Fsp3) is 0.263. The molecule has 3 aromatic rings. The van der Waals surface area contributed by atoms with Crippen molar-refractivity contribution < 1.29 is 9.53 Å². The van der Waals surface area contributed by atoms with E-state index in [1.54, 1.807) is 0 Å². The molecular weight excluding hydrogens is 302 g/mol. The number of aromatic nitrogens is 2. The van der Waals surface area contributed by atoms with Gasteiger partial charge in [0.1, 0.15) is 23.3 Å². The summed E-state index contributed by atoms with van der Waals surface area (Å²) in [5, 5.41) is 3.04. The summed E-state index contributed by atoms with van der Waals surface area (Å²) in [4.78, 5) is 17.3. The summed E-state index contributed by atoms with van der Waals surface area (Å²) in [6.07, 6.45) is 3.24. The second-order valence-electron chi connectivity index (χ2n) is 6.05. The van der Waals surface area contributed by atoms with Crippen molar-refractivity contribution >= 4 is 17.4 Å². The fourth-order valence-electron chi connectivity index (χ4n) is 3.10. The van der Waals surface area contributed by atoms with Gasteiger partial charge in [0.2, 0.25) is 0 Å². The standard InChI is InChI=1S/C19H19N3O2/c1-13-7-5-11-22-17(13)20-16(14-8-3-2-4-9-14)18(22)21-19(23)15-10-6-12-24-15/h2-5,7-9,11,15H,6,10,12H2,1H3,(H,21,23)/t15-/m1/s1. The molecule has 1 fully saturated rings. The Labute approximate surface area is 140 Å². The van der Waals surface area contributed by atoms with Crippen molar-refractivity contribution in [2.24, 2.45) is 0 Å². The van der Waals surface area contributed by atoms with Crippen LogP contribution in [0.2, 0.25) is 0 Å². The molecule has 1 atom stereocenters. The normalized spacial score (nSPS) is 17.3. The molecule has 0 bridgehead atoms. The lowest BCUT2D eigenvalue weighted by molar-refractivity contribution is -0.124. The quantitative estimate of drug-likeness (QED) is 0.804. The molecule has 1 saturated heterocycles. The van der Waals surface area contributed by atoms with Gasteiger partial charge in [-0.25, -0.2) is 4.98 Å². The highest BCUT2D eigenvalue weighted by Crippen LogP contribution is 2.30. The van der Waals surface area contributed by atoms with E-state index in [4.69, 9.17) is 9.72 Å². The van der Waals surface area contributed by atoms with Gasteiger partial charge in [-0.15, -0.1) is 0 Å². The van der Waals surface area contributed by atoms with Gasteiger partial charge in [-0.1, -0.05) is 36.4 Å². The number of pyridine rings is 1. The molecular formula is C19H19N3O2. The van der Waals surface area contributed by atoms with E-state index in [2.05, 4.69) is 5.32 Å². The number of ether oxygens (including phenoxy) is 1. The number of nitrogens with zero attached hydrogens (tertiary/aromatic N) is 2. The highest BCUT2D eigenvalue weighted by Gasteiger charge is 2.26. The van der Waals surface area contributed by atoms with Crippen LogP contribution in [-0.4, -0.2) is 28.0 Å². The molecule has 1 amide bonds. The minimum atomic E-state index is -0.371. The van der Waals surface area contributed by atoms with Crippen LogP contribution < -0.4 is 5.32 Å². The number of nitrogens with one attached hydrogen (secondary N) is 1. The number of hydrogen-bond donors (Lipinski definition) is 1. The molecule has 1 aliphatic heterocycles. The van der Waals surface area contributed by atoms with Crippen LogP contribution >= 0.6 is 0 Å². The number of rotatable bonds is 3. The zero-order valence-corrected chi connectivity index (χ0v) is 13.5. The summed E-state index contributed by atoms with van der Waals surface area (Å²) in [5.41, 5.74) is 3.66. The third kappa shape index (κ3) is 2.57. The molecule has 1 N–H and O–H groups in total. The number of anilines is 1. The number of carbonyl (C=O) groups excluding carboxylic acids is 1. The van der Waals surface area contributed by atoms with Crippen LogP contribution in [0.15, 0.2) is 48.7 Å². The molecule has 0 saturated carbocycles. The van der Waals surface area contributed by atoms with Crippen molar-refractivity contribution in [1.82, 2.24) is 9.38 Å². The molecule has 1 aliphatic rings. The van der Waals surface area contributed by atoms with E-state index in [-0.39, 0.29) is 12.0 Å². The topological polar surface area (TPSA) is 55.6 Å². The van der Waals surface area contributed by atoms with Crippen molar-refractivity contribution in [2.75, 3.05) is 11.9 Å². The lowest BCUT2D eigenvalue weighted by Crippen LogP contribution is -2.27. The maximum Gasteiger partial charge on any atom is 0.254 e. The highest BCUT2D eigenvalue weighted by atomic mass is 16.5. The molecule has 24 heavy (non-hydrogen) atoms. The summed E-state index contributed by atoms with van der Waals surface area (Å²) in [5.74, 6) is 0.591. The van der Waals surface area contributed by atoms with Crippen LogP contribution in [0.1, 0.15) is 18.4 Å². The molecule has 122 valence electrons. The first-order valence-electron chi connectivity index (χ1n) is 8.19. The lowest BCUT2D eigenvalue weighted by atomic mass is 10.1. The number of amides is 1. The first-order chi connectivity index (χ1) is 11.7. The van der Waals surface area contributed by atoms with E-state index in [1.807, 2.05) is 60.0 Å². The summed E-state index contributed by atoms with van der Waals surface area (Å²) < 4.78 is 7.44. The molecule has 0 unspecified atom stereocenters. The van der Waals surface area contributed by atoms with E-state index in [9.17, 15) is 4.79 Å². The largest absolute Gasteiger partial charge is 0.368 e. The second-order valence-corrected chi connectivity index (χ2v) is 6.05. The Hall–Kier alpha value is -2.66. The summed E-state index contributed by atoms with van der Waals surface area (Å²) in [6, 6.07) is 13.9. The van der Waals surface area contributed by atoms with E-state index in [0.29, 0.717) is 12.4 Å². The van der Waals surface area contributed by atoms with Gasteiger partial charge in [-0.3, -0.25) is 9.20 Å². The maximum atomic E-state index is 12.5. The van der Waals surface area contributed by atoms with Crippen LogP contribution in [0.5, 0.6) is 0 Å². The third-order valence-electron chi connectivity index (χ3n) is 4.36. The minimum absolute atomic E-state index is 0.104. The summed E-state index contributed by atoms with van der Waals surface area (Å²) in [6.45, 7) is 2.67. The van der Waals surface area contributed by atoms with Crippen LogP contribution in [0.3, 0.4) is 0 Å². The van der Waals surface area contributed by atoms with Crippen molar-refractivity contribution in [2.45, 2.75) is 25.9 Å². The van der Waals surface area contributed by atoms with Crippen molar-refractivity contribution in [3.8, 4) is 11.3 Å². The first kappa shape index (κ1) is 14.9. The van der Waals surface area contributed by atoms with Gasteiger partial charge in [0.15, 0.2) is 0 Å². The zero-order chi connectivity index (χ0) is 16.5. The van der Waals surface area contributed by atoms with E-state index < -0.39 is 0 Å². The highest BCUT2D eigenvalue weighted by molar-refractivity contribution is 5.97. The average Bonchev–Trinajstić information content (AvgIpc) is 3.25. The average molecular weight is 321 g/mol. The summed E-state index contributed by atoms with van der Waals surface area (Å²) in [7, 11) is 0. The van der Waals surface area contributed by atoms with Crippen molar-refractivity contribution in [3.63, 3.8) is 0 Å². The molecule has 1 aromatic carbocycles. The molecule has 5 nitrogen and oxygen atoms in total. The Bertz CT molecular complexity index is 880. The molecule has 0 radical (unpaired) electrons. The smallest absolute Gasteiger partial charge is 0.254 e. The predicted molar refractivity (Wildman–Crippen MR) is 93.0 cm³/mol. The van der Waals surface area contributed by atoms with Crippen LogP contribution in [-0.2, 0) is 9.53 Å². The number of fused-ring (bicyclic) bond motifs is 1. The Morgan fingerprint density at radius 2 is 2.08 bits per heavy atom. The second kappa shape index (κ2) is 6.09. The Morgan fingerprint density at radius 3 is 2.83 bits per heavy atom. The number of aryl methyl sites for hydroxylation is 1. The van der Waals surface area contributed by atoms with Crippen LogP contribution in [0.25, 0.3) is 16.9 Å². The molecule has 0 spiro atoms. The number of benzene rings is 1. The van der Waals surface area contributed by atoms with Gasteiger partial charge in [0.25, 0.3) is 5.91 Å². The molecule has 2 aromatic heterocycles. The molecule has 5 heteroatoms. The monoisotopic (exact) mass is 321 g/mol. The molecule has 0 aliphatic carbocycles. The predicted octanol–water partition coefficient (Wildman–Crippen LogP) is 3.43. The first-order valence-corrected chi connectivity index (χ1v) is 8.19. The Kier molecular flexibility index (Phi) is 3.78. The van der Waals surface area contributed by atoms with Crippen molar-refractivity contribution in [3.05, 3.63) is 54.2 Å². The van der Waals surface area contributed by atoms with Crippen LogP contribution in [0.4, 0.5) is 5.82 Å². The van der Waals surface area contributed by atoms with Crippen LogP contribution in [0, 0.1) is 6.92 Å². The minimum Gasteiger partial charge on any atom is -0.368 e. The Morgan fingerprint density at radius 1 is 1.25 bits per heavy atom. The SMILES string of the molecule is Cc1cccn2c(NC(=O)[C@H]3CCCO3)c(-c3ccccc3)nc12. The van der Waals surface area contributed by atoms with E-state index in [1.165, 1.54) is 0 Å². The van der Waals surface area contributed by atoms with Gasteiger partial charge in [-0.05, 0) is 31.4 Å². The van der Waals surface area contributed by atoms with Gasteiger partial charge >= 0.3 is 0 Å². The fourth-order valence-corrected chi connectivity index (χ4v) is 3.10. The maximum absolute atomic E-state index is 12.5. The van der Waals surface area contributed by atoms with Gasteiger partial charge < -0.3 is 10.1 Å². The van der Waals surface area contributed by atoms with Crippen molar-refractivity contribution in [1.29, 1.82) is 0 Å². The van der Waals surface area contributed by atoms with Gasteiger partial charge in [0.05, 0.1) is 0 Å². The van der Waals surface area contributed by atoms with E-state index >= 15 is 0 Å². The Balaban J connectivity index is 1.82. The van der Waals surface area contributed by atoms with Gasteiger partial charge in [-0.2, -0.15) is 0 Å². The number of hydrogen-bond acceptors (Lipinski definition) is 3. The molecule has 3 heterocycles. The number of imidazole rings is 1. The molecule has 4 rings (SSSR count). The lowest BCUT2D eigenvalue weighted by Gasteiger charge is -2.12. The van der Waals surface area contributed by atoms with E-state index in [0.717, 1.165) is 35.3 Å².